The second kappa shape index (κ2) is 6.78. The van der Waals surface area contributed by atoms with E-state index in [1.807, 2.05) is 13.8 Å². The molecule has 1 rings (SSSR count). The highest BCUT2D eigenvalue weighted by atomic mass is 16.5. The van der Waals surface area contributed by atoms with Gasteiger partial charge in [0.15, 0.2) is 0 Å². The van der Waals surface area contributed by atoms with E-state index in [0.717, 1.165) is 0 Å². The van der Waals surface area contributed by atoms with Gasteiger partial charge in [0.25, 0.3) is 5.91 Å². The highest BCUT2D eigenvalue weighted by Gasteiger charge is 2.17. The summed E-state index contributed by atoms with van der Waals surface area (Å²) >= 11 is 0. The maximum atomic E-state index is 11.9. The fourth-order valence-corrected chi connectivity index (χ4v) is 1.50. The Hall–Kier alpha value is -2.04. The average Bonchev–Trinajstić information content (AvgIpc) is 2.37. The molecule has 0 aliphatic carbocycles. The fraction of sp³-hybridized carbons (Fsp3) is 0.429. The number of nitrogens with one attached hydrogen (secondary N) is 1. The molecule has 0 saturated heterocycles. The molecule has 0 fully saturated rings. The average molecular weight is 265 g/mol. The summed E-state index contributed by atoms with van der Waals surface area (Å²) in [4.78, 5) is 23.2. The summed E-state index contributed by atoms with van der Waals surface area (Å²) in [5.41, 5.74) is 0.439. The summed E-state index contributed by atoms with van der Waals surface area (Å²) in [5.74, 6) is -0.205. The van der Waals surface area contributed by atoms with Crippen molar-refractivity contribution < 1.29 is 19.1 Å². The van der Waals surface area contributed by atoms with Crippen LogP contribution in [0.15, 0.2) is 24.3 Å². The van der Waals surface area contributed by atoms with Crippen LogP contribution in [0.3, 0.4) is 0 Å². The first-order valence-corrected chi connectivity index (χ1v) is 6.09. The van der Waals surface area contributed by atoms with Gasteiger partial charge in [-0.1, -0.05) is 6.07 Å². The van der Waals surface area contributed by atoms with Crippen molar-refractivity contribution in [1.29, 1.82) is 0 Å². The number of carbonyl (C=O) groups excluding carboxylic acids is 2. The molecule has 1 amide bonds. The molecular weight excluding hydrogens is 246 g/mol. The summed E-state index contributed by atoms with van der Waals surface area (Å²) in [7, 11) is 1.28. The van der Waals surface area contributed by atoms with E-state index >= 15 is 0 Å². The zero-order chi connectivity index (χ0) is 14.4. The molecule has 1 atom stereocenters. The number of hydrogen-bond acceptors (Lipinski definition) is 4. The van der Waals surface area contributed by atoms with E-state index in [-0.39, 0.29) is 12.0 Å². The van der Waals surface area contributed by atoms with Crippen LogP contribution in [-0.4, -0.2) is 31.1 Å². The lowest BCUT2D eigenvalue weighted by atomic mass is 10.2. The van der Waals surface area contributed by atoms with Gasteiger partial charge < -0.3 is 14.8 Å². The molecule has 1 aromatic carbocycles. The van der Waals surface area contributed by atoms with E-state index in [0.29, 0.717) is 11.3 Å². The van der Waals surface area contributed by atoms with Crippen molar-refractivity contribution >= 4 is 11.9 Å². The first-order valence-electron chi connectivity index (χ1n) is 6.09. The van der Waals surface area contributed by atoms with E-state index in [1.165, 1.54) is 7.11 Å². The van der Waals surface area contributed by atoms with Crippen molar-refractivity contribution in [2.24, 2.45) is 0 Å². The van der Waals surface area contributed by atoms with Crippen LogP contribution in [-0.2, 0) is 9.53 Å². The van der Waals surface area contributed by atoms with Gasteiger partial charge in [0.2, 0.25) is 0 Å². The quantitative estimate of drug-likeness (QED) is 0.824. The Labute approximate surface area is 112 Å². The Morgan fingerprint density at radius 3 is 2.47 bits per heavy atom. The van der Waals surface area contributed by atoms with Gasteiger partial charge in [-0.3, -0.25) is 4.79 Å². The van der Waals surface area contributed by atoms with E-state index in [9.17, 15) is 9.59 Å². The maximum Gasteiger partial charge on any atom is 0.328 e. The largest absolute Gasteiger partial charge is 0.491 e. The van der Waals surface area contributed by atoms with Crippen LogP contribution in [0.1, 0.15) is 31.1 Å². The standard InChI is InChI=1S/C14H19NO4/c1-9(2)19-12-7-5-6-11(8-12)13(16)15-10(3)14(17)18-4/h5-10H,1-4H3,(H,15,16). The third-order valence-corrected chi connectivity index (χ3v) is 2.37. The summed E-state index contributed by atoms with van der Waals surface area (Å²) in [6.45, 7) is 5.39. The third kappa shape index (κ3) is 4.62. The van der Waals surface area contributed by atoms with Crippen LogP contribution in [0.25, 0.3) is 0 Å². The second-order valence-corrected chi connectivity index (χ2v) is 4.41. The molecule has 5 nitrogen and oxygen atoms in total. The minimum absolute atomic E-state index is 0.0345. The zero-order valence-electron chi connectivity index (χ0n) is 11.6. The molecule has 5 heteroatoms. The number of rotatable bonds is 5. The van der Waals surface area contributed by atoms with Gasteiger partial charge in [0.05, 0.1) is 13.2 Å². The van der Waals surface area contributed by atoms with Gasteiger partial charge >= 0.3 is 5.97 Å². The van der Waals surface area contributed by atoms with E-state index in [2.05, 4.69) is 10.1 Å². The van der Waals surface area contributed by atoms with E-state index in [1.54, 1.807) is 31.2 Å². The minimum atomic E-state index is -0.688. The summed E-state index contributed by atoms with van der Waals surface area (Å²) < 4.78 is 10.1. The number of amides is 1. The molecule has 0 bridgehead atoms. The van der Waals surface area contributed by atoms with Crippen LogP contribution in [0.4, 0.5) is 0 Å². The van der Waals surface area contributed by atoms with Gasteiger partial charge in [-0.15, -0.1) is 0 Å². The Kier molecular flexibility index (Phi) is 5.36. The lowest BCUT2D eigenvalue weighted by Gasteiger charge is -2.13. The van der Waals surface area contributed by atoms with E-state index in [4.69, 9.17) is 4.74 Å². The number of ether oxygens (including phenoxy) is 2. The van der Waals surface area contributed by atoms with Crippen LogP contribution >= 0.6 is 0 Å². The van der Waals surface area contributed by atoms with Crippen LogP contribution in [0.5, 0.6) is 5.75 Å². The second-order valence-electron chi connectivity index (χ2n) is 4.41. The highest BCUT2D eigenvalue weighted by molar-refractivity contribution is 5.96. The van der Waals surface area contributed by atoms with Crippen LogP contribution < -0.4 is 10.1 Å². The Balaban J connectivity index is 2.74. The summed E-state index contributed by atoms with van der Waals surface area (Å²) in [6, 6.07) is 6.12. The third-order valence-electron chi connectivity index (χ3n) is 2.37. The lowest BCUT2D eigenvalue weighted by Crippen LogP contribution is -2.39. The molecule has 0 aromatic heterocycles. The van der Waals surface area contributed by atoms with Gasteiger partial charge in [0.1, 0.15) is 11.8 Å². The fourth-order valence-electron chi connectivity index (χ4n) is 1.50. The number of methoxy groups -OCH3 is 1. The molecule has 104 valence electrons. The van der Waals surface area contributed by atoms with Gasteiger partial charge in [0, 0.05) is 5.56 Å². The van der Waals surface area contributed by atoms with Gasteiger partial charge in [-0.25, -0.2) is 4.79 Å². The predicted octanol–water partition coefficient (Wildman–Crippen LogP) is 1.77. The monoisotopic (exact) mass is 265 g/mol. The molecular formula is C14H19NO4. The van der Waals surface area contributed by atoms with Gasteiger partial charge in [-0.2, -0.15) is 0 Å². The van der Waals surface area contributed by atoms with Crippen molar-refractivity contribution in [2.45, 2.75) is 32.9 Å². The maximum absolute atomic E-state index is 11.9. The molecule has 1 unspecified atom stereocenters. The Bertz CT molecular complexity index is 457. The highest BCUT2D eigenvalue weighted by Crippen LogP contribution is 2.15. The van der Waals surface area contributed by atoms with E-state index < -0.39 is 12.0 Å². The summed E-state index contributed by atoms with van der Waals surface area (Å²) in [6.07, 6.45) is 0.0345. The Morgan fingerprint density at radius 1 is 1.21 bits per heavy atom. The van der Waals surface area contributed by atoms with Crippen LogP contribution in [0, 0.1) is 0 Å². The Morgan fingerprint density at radius 2 is 1.89 bits per heavy atom. The molecule has 1 N–H and O–H groups in total. The molecule has 1 aromatic rings. The predicted molar refractivity (Wildman–Crippen MR) is 71.2 cm³/mol. The van der Waals surface area contributed by atoms with Gasteiger partial charge in [-0.05, 0) is 39.0 Å². The van der Waals surface area contributed by atoms with Crippen molar-refractivity contribution in [2.75, 3.05) is 7.11 Å². The minimum Gasteiger partial charge on any atom is -0.491 e. The number of carbonyl (C=O) groups is 2. The topological polar surface area (TPSA) is 64.6 Å². The number of hydrogen-bond donors (Lipinski definition) is 1. The molecule has 0 heterocycles. The zero-order valence-corrected chi connectivity index (χ0v) is 11.6. The summed E-state index contributed by atoms with van der Waals surface area (Å²) in [5, 5.41) is 2.56. The van der Waals surface area contributed by atoms with Crippen molar-refractivity contribution in [3.63, 3.8) is 0 Å². The molecule has 19 heavy (non-hydrogen) atoms. The smallest absolute Gasteiger partial charge is 0.328 e. The first kappa shape index (κ1) is 15.0. The van der Waals surface area contributed by atoms with Crippen molar-refractivity contribution in [3.8, 4) is 5.75 Å². The molecule has 0 radical (unpaired) electrons. The SMILES string of the molecule is COC(=O)C(C)NC(=O)c1cccc(OC(C)C)c1. The van der Waals surface area contributed by atoms with Crippen molar-refractivity contribution in [3.05, 3.63) is 29.8 Å². The number of esters is 1. The molecule has 0 aliphatic rings. The number of benzene rings is 1. The molecule has 0 saturated carbocycles. The first-order chi connectivity index (χ1) is 8.93. The normalized spacial score (nSPS) is 11.8. The van der Waals surface area contributed by atoms with Crippen LogP contribution in [0.2, 0.25) is 0 Å². The molecule has 0 aliphatic heterocycles. The molecule has 0 spiro atoms. The lowest BCUT2D eigenvalue weighted by molar-refractivity contribution is -0.142. The van der Waals surface area contributed by atoms with Crippen molar-refractivity contribution in [1.82, 2.24) is 5.32 Å².